The quantitative estimate of drug-likeness (QED) is 0.357. The molecule has 0 aromatic carbocycles. The summed E-state index contributed by atoms with van der Waals surface area (Å²) in [6, 6.07) is 1.92. The van der Waals surface area contributed by atoms with E-state index < -0.39 is 0 Å². The molecule has 8 nitrogen and oxygen atoms in total. The molecule has 141 valence electrons. The summed E-state index contributed by atoms with van der Waals surface area (Å²) in [5, 5.41) is 18.0. The van der Waals surface area contributed by atoms with Crippen LogP contribution in [0.3, 0.4) is 0 Å². The van der Waals surface area contributed by atoms with Crippen molar-refractivity contribution < 1.29 is 17.1 Å². The Hall–Kier alpha value is -0.761. The van der Waals surface area contributed by atoms with Gasteiger partial charge in [0.05, 0.1) is 0 Å². The maximum Gasteiger partial charge on any atom is 2.00 e. The maximum absolute atomic E-state index is 8.00. The molecule has 0 unspecified atom stereocenters. The van der Waals surface area contributed by atoms with Crippen molar-refractivity contribution in [2.24, 2.45) is 22.5 Å². The van der Waals surface area contributed by atoms with Crippen molar-refractivity contribution in [1.29, 1.82) is 0 Å². The Morgan fingerprint density at radius 2 is 1.12 bits per heavy atom. The van der Waals surface area contributed by atoms with Gasteiger partial charge in [-0.15, -0.1) is 10.7 Å². The van der Waals surface area contributed by atoms with E-state index in [1.54, 1.807) is 6.42 Å². The Morgan fingerprint density at radius 3 is 1.50 bits per heavy atom. The van der Waals surface area contributed by atoms with Crippen LogP contribution >= 0.6 is 0 Å². The van der Waals surface area contributed by atoms with E-state index in [0.29, 0.717) is 0 Å². The first-order chi connectivity index (χ1) is 11.2. The molecule has 4 aliphatic heterocycles. The Labute approximate surface area is 153 Å². The standard InChI is InChI=1S/C15H26N2.Cu.2HNO2/c1-3-7-16-11-13-9-12(14(16)5-1)10-17-8-4-2-6-15(13)17;;2*2-1-3/h12-15H,1-11H2;;2*(H,2,3)/q;+2;;/p-2/t12-,13-,14-,15+;;;/m0.../s1. The summed E-state index contributed by atoms with van der Waals surface area (Å²) < 4.78 is 0. The molecule has 2 bridgehead atoms. The zero-order valence-electron chi connectivity index (χ0n) is 13.8. The van der Waals surface area contributed by atoms with Crippen LogP contribution in [0.4, 0.5) is 0 Å². The second-order valence-corrected chi connectivity index (χ2v) is 7.02. The van der Waals surface area contributed by atoms with Crippen LogP contribution < -0.4 is 0 Å². The summed E-state index contributed by atoms with van der Waals surface area (Å²) in [5.74, 6) is 2.03. The molecular weight excluding hydrogens is 364 g/mol. The number of piperidine rings is 4. The first kappa shape index (κ1) is 21.3. The molecule has 1 radical (unpaired) electrons. The monoisotopic (exact) mass is 389 g/mol. The van der Waals surface area contributed by atoms with Crippen LogP contribution in [0.15, 0.2) is 10.7 Å². The van der Waals surface area contributed by atoms with Crippen LogP contribution in [0.2, 0.25) is 0 Å². The molecule has 4 saturated heterocycles. The molecule has 0 N–H and O–H groups in total. The summed E-state index contributed by atoms with van der Waals surface area (Å²) in [6.07, 6.45) is 10.5. The second-order valence-electron chi connectivity index (χ2n) is 7.02. The Kier molecular flexibility index (Phi) is 9.73. The minimum atomic E-state index is 0. The van der Waals surface area contributed by atoms with Gasteiger partial charge in [0.2, 0.25) is 0 Å². The van der Waals surface area contributed by atoms with Gasteiger partial charge in [-0.2, -0.15) is 0 Å². The molecule has 4 heterocycles. The SMILES string of the molecule is C1CCN2C[C@@H]3C[C@@H](CN4CCCC[C@@H]34)[C@H]2C1.O=N[O-].O=N[O-].[Cu+2]. The third-order valence-corrected chi connectivity index (χ3v) is 5.96. The molecule has 4 atom stereocenters. The van der Waals surface area contributed by atoms with E-state index in [9.17, 15) is 0 Å². The molecule has 0 saturated carbocycles. The summed E-state index contributed by atoms with van der Waals surface area (Å²) >= 11 is 0. The average Bonchev–Trinajstić information content (AvgIpc) is 2.57. The van der Waals surface area contributed by atoms with Crippen molar-refractivity contribution >= 4 is 0 Å². The summed E-state index contributed by atoms with van der Waals surface area (Å²) in [4.78, 5) is 21.7. The van der Waals surface area contributed by atoms with Gasteiger partial charge in [-0.05, 0) is 57.0 Å². The fourth-order valence-corrected chi connectivity index (χ4v) is 5.25. The molecule has 0 spiro atoms. The molecule has 4 rings (SSSR count). The van der Waals surface area contributed by atoms with Gasteiger partial charge in [-0.25, -0.2) is 0 Å². The van der Waals surface area contributed by atoms with E-state index in [1.165, 1.54) is 64.7 Å². The van der Waals surface area contributed by atoms with Crippen molar-refractivity contribution in [1.82, 2.24) is 9.80 Å². The molecule has 4 fully saturated rings. The van der Waals surface area contributed by atoms with Gasteiger partial charge < -0.3 is 20.2 Å². The summed E-state index contributed by atoms with van der Waals surface area (Å²) in [7, 11) is 0. The van der Waals surface area contributed by atoms with Crippen LogP contribution in [0.1, 0.15) is 44.9 Å². The zero-order chi connectivity index (χ0) is 16.7. The van der Waals surface area contributed by atoms with Gasteiger partial charge in [0.1, 0.15) is 0 Å². The minimum absolute atomic E-state index is 0. The van der Waals surface area contributed by atoms with Gasteiger partial charge in [-0.1, -0.05) is 12.8 Å². The average molecular weight is 390 g/mol. The Bertz CT molecular complexity index is 356. The van der Waals surface area contributed by atoms with Crippen LogP contribution in [0.5, 0.6) is 0 Å². The molecule has 0 aromatic rings. The number of rotatable bonds is 0. The van der Waals surface area contributed by atoms with Crippen molar-refractivity contribution in [3.63, 3.8) is 0 Å². The molecule has 0 aromatic heterocycles. The van der Waals surface area contributed by atoms with E-state index >= 15 is 0 Å². The molecule has 9 heteroatoms. The van der Waals surface area contributed by atoms with E-state index in [0.717, 1.165) is 34.6 Å². The maximum atomic E-state index is 8.00. The zero-order valence-corrected chi connectivity index (χ0v) is 14.8. The van der Waals surface area contributed by atoms with Gasteiger partial charge in [0.25, 0.3) is 0 Å². The summed E-state index contributed by atoms with van der Waals surface area (Å²) in [6.45, 7) is 5.68. The minimum Gasteiger partial charge on any atom is -0.444 e. The van der Waals surface area contributed by atoms with Gasteiger partial charge in [0.15, 0.2) is 0 Å². The fraction of sp³-hybridized carbons (Fsp3) is 1.00. The second kappa shape index (κ2) is 11.0. The number of fused-ring (bicyclic) bond motifs is 6. The van der Waals surface area contributed by atoms with Gasteiger partial charge in [0, 0.05) is 25.2 Å². The molecule has 4 aliphatic rings. The van der Waals surface area contributed by atoms with Crippen LogP contribution in [-0.2, 0) is 17.1 Å². The van der Waals surface area contributed by atoms with E-state index in [-0.39, 0.29) is 17.1 Å². The first-order valence-electron chi connectivity index (χ1n) is 8.63. The molecule has 0 amide bonds. The van der Waals surface area contributed by atoms with E-state index in [4.69, 9.17) is 20.2 Å². The number of hydrogen-bond donors (Lipinski definition) is 0. The Balaban J connectivity index is 0.000000366. The third-order valence-electron chi connectivity index (χ3n) is 5.96. The van der Waals surface area contributed by atoms with E-state index in [1.807, 2.05) is 0 Å². The van der Waals surface area contributed by atoms with Crippen molar-refractivity contribution in [3.8, 4) is 0 Å². The topological polar surface area (TPSA) is 111 Å². The molecular formula is C15H26CuN4O4. The van der Waals surface area contributed by atoms with Crippen molar-refractivity contribution in [2.75, 3.05) is 26.2 Å². The van der Waals surface area contributed by atoms with Crippen LogP contribution in [0, 0.1) is 32.1 Å². The normalized spacial score (nSPS) is 34.5. The van der Waals surface area contributed by atoms with Crippen LogP contribution in [0.25, 0.3) is 0 Å². The fourth-order valence-electron chi connectivity index (χ4n) is 5.25. The van der Waals surface area contributed by atoms with Crippen molar-refractivity contribution in [3.05, 3.63) is 20.2 Å². The number of nitrogens with zero attached hydrogens (tertiary/aromatic N) is 4. The Morgan fingerprint density at radius 1 is 0.750 bits per heavy atom. The summed E-state index contributed by atoms with van der Waals surface area (Å²) in [5.41, 5.74) is 0. The predicted molar refractivity (Wildman–Crippen MR) is 88.3 cm³/mol. The molecule has 24 heavy (non-hydrogen) atoms. The van der Waals surface area contributed by atoms with Gasteiger partial charge >= 0.3 is 17.1 Å². The largest absolute Gasteiger partial charge is 2.00 e. The van der Waals surface area contributed by atoms with E-state index in [2.05, 4.69) is 9.80 Å². The first-order valence-corrected chi connectivity index (χ1v) is 8.63. The van der Waals surface area contributed by atoms with Crippen LogP contribution in [-0.4, -0.2) is 48.1 Å². The predicted octanol–water partition coefficient (Wildman–Crippen LogP) is 2.84. The third kappa shape index (κ3) is 5.12. The van der Waals surface area contributed by atoms with Crippen molar-refractivity contribution in [2.45, 2.75) is 57.0 Å². The number of hydrogen-bond acceptors (Lipinski definition) is 8. The van der Waals surface area contributed by atoms with Gasteiger partial charge in [-0.3, -0.25) is 9.80 Å². The smallest absolute Gasteiger partial charge is 0.444 e. The molecule has 0 aliphatic carbocycles.